The number of halogens is 3. The number of carbonyl (C=O) groups is 2. The number of rotatable bonds is 5. The third-order valence-corrected chi connectivity index (χ3v) is 5.38. The standard InChI is InChI=1S/C18H22BF3N2O5/c1-17(2)18(3,4)29-19(28-17)12-6-5-10(7-13(12)20)24-9-11(27-16(24)26)8-23-15(25)14(21)22/h5-7,11,14H,8-9H2,1-4H3,(H,23,25)/t11-/m0/s1. The number of hydrogen-bond acceptors (Lipinski definition) is 5. The summed E-state index contributed by atoms with van der Waals surface area (Å²) in [7, 11) is -0.892. The van der Waals surface area contributed by atoms with Crippen LogP contribution in [0.2, 0.25) is 0 Å². The van der Waals surface area contributed by atoms with Crippen LogP contribution in [-0.4, -0.2) is 55.9 Å². The molecule has 1 atom stereocenters. The number of benzene rings is 1. The highest BCUT2D eigenvalue weighted by Gasteiger charge is 2.52. The van der Waals surface area contributed by atoms with Crippen LogP contribution in [-0.2, 0) is 18.8 Å². The summed E-state index contributed by atoms with van der Waals surface area (Å²) in [5.41, 5.74) is -0.828. The summed E-state index contributed by atoms with van der Waals surface area (Å²) < 4.78 is 55.9. The minimum Gasteiger partial charge on any atom is -0.442 e. The van der Waals surface area contributed by atoms with E-state index >= 15 is 0 Å². The van der Waals surface area contributed by atoms with Gasteiger partial charge in [-0.3, -0.25) is 9.69 Å². The van der Waals surface area contributed by atoms with Gasteiger partial charge < -0.3 is 19.4 Å². The van der Waals surface area contributed by atoms with Crippen molar-refractivity contribution in [3.63, 3.8) is 0 Å². The monoisotopic (exact) mass is 414 g/mol. The molecule has 29 heavy (non-hydrogen) atoms. The van der Waals surface area contributed by atoms with Gasteiger partial charge in [-0.25, -0.2) is 9.18 Å². The van der Waals surface area contributed by atoms with Crippen LogP contribution in [0.1, 0.15) is 27.7 Å². The zero-order valence-electron chi connectivity index (χ0n) is 16.5. The summed E-state index contributed by atoms with van der Waals surface area (Å²) in [4.78, 5) is 24.2. The molecule has 11 heteroatoms. The minimum absolute atomic E-state index is 0.0162. The third kappa shape index (κ3) is 4.20. The Morgan fingerprint density at radius 1 is 1.28 bits per heavy atom. The third-order valence-electron chi connectivity index (χ3n) is 5.38. The van der Waals surface area contributed by atoms with E-state index in [2.05, 4.69) is 0 Å². The van der Waals surface area contributed by atoms with Crippen molar-refractivity contribution < 1.29 is 36.8 Å². The van der Waals surface area contributed by atoms with Crippen LogP contribution >= 0.6 is 0 Å². The molecule has 0 saturated carbocycles. The molecule has 2 saturated heterocycles. The predicted molar refractivity (Wildman–Crippen MR) is 98.7 cm³/mol. The summed E-state index contributed by atoms with van der Waals surface area (Å²) >= 11 is 0. The van der Waals surface area contributed by atoms with Gasteiger partial charge in [0.05, 0.1) is 30.0 Å². The smallest absolute Gasteiger partial charge is 0.442 e. The Morgan fingerprint density at radius 2 is 1.90 bits per heavy atom. The molecule has 1 N–H and O–H groups in total. The molecule has 1 aromatic carbocycles. The Kier molecular flexibility index (Phi) is 5.57. The van der Waals surface area contributed by atoms with Gasteiger partial charge >= 0.3 is 19.6 Å². The lowest BCUT2D eigenvalue weighted by Gasteiger charge is -2.32. The minimum atomic E-state index is -3.15. The fourth-order valence-electron chi connectivity index (χ4n) is 2.98. The largest absolute Gasteiger partial charge is 0.497 e. The molecule has 2 aliphatic heterocycles. The number of carbonyl (C=O) groups excluding carboxylic acids is 2. The second-order valence-electron chi connectivity index (χ2n) is 7.96. The summed E-state index contributed by atoms with van der Waals surface area (Å²) in [5.74, 6) is -2.07. The van der Waals surface area contributed by atoms with E-state index in [1.807, 2.05) is 33.0 Å². The normalized spacial score (nSPS) is 22.9. The quantitative estimate of drug-likeness (QED) is 0.745. The van der Waals surface area contributed by atoms with Gasteiger partial charge in [0.2, 0.25) is 0 Å². The van der Waals surface area contributed by atoms with Crippen molar-refractivity contribution in [3.8, 4) is 0 Å². The average Bonchev–Trinajstić information content (AvgIpc) is 3.08. The molecule has 158 valence electrons. The molecule has 2 aliphatic rings. The van der Waals surface area contributed by atoms with E-state index in [4.69, 9.17) is 14.0 Å². The van der Waals surface area contributed by atoms with Gasteiger partial charge in [0, 0.05) is 5.46 Å². The first kappa shape index (κ1) is 21.4. The second kappa shape index (κ2) is 7.53. The van der Waals surface area contributed by atoms with Gasteiger partial charge in [-0.1, -0.05) is 6.07 Å². The second-order valence-corrected chi connectivity index (χ2v) is 7.96. The SMILES string of the molecule is CC1(C)OB(c2ccc(N3C[C@H](CNC(=O)C(F)F)OC3=O)cc2F)OC1(C)C. The van der Waals surface area contributed by atoms with Gasteiger partial charge in [-0.15, -0.1) is 0 Å². The molecule has 0 aliphatic carbocycles. The summed E-state index contributed by atoms with van der Waals surface area (Å²) in [6.07, 6.45) is -4.74. The lowest BCUT2D eigenvalue weighted by molar-refractivity contribution is -0.132. The van der Waals surface area contributed by atoms with E-state index in [1.165, 1.54) is 12.1 Å². The van der Waals surface area contributed by atoms with E-state index in [0.717, 1.165) is 11.0 Å². The van der Waals surface area contributed by atoms with Crippen molar-refractivity contribution >= 4 is 30.3 Å². The lowest BCUT2D eigenvalue weighted by atomic mass is 9.78. The number of anilines is 1. The fourth-order valence-corrected chi connectivity index (χ4v) is 2.98. The number of nitrogens with zero attached hydrogens (tertiary/aromatic N) is 1. The maximum Gasteiger partial charge on any atom is 0.497 e. The van der Waals surface area contributed by atoms with E-state index in [9.17, 15) is 22.8 Å². The Hall–Kier alpha value is -2.27. The summed E-state index contributed by atoms with van der Waals surface area (Å²) in [6.45, 7) is 7.13. The fraction of sp³-hybridized carbons (Fsp3) is 0.556. The van der Waals surface area contributed by atoms with Crippen LogP contribution in [0, 0.1) is 5.82 Å². The maximum absolute atomic E-state index is 14.7. The maximum atomic E-state index is 14.7. The molecule has 0 unspecified atom stereocenters. The van der Waals surface area contributed by atoms with E-state index < -0.39 is 48.7 Å². The number of alkyl halides is 2. The highest BCUT2D eigenvalue weighted by Crippen LogP contribution is 2.36. The van der Waals surface area contributed by atoms with Crippen LogP contribution in [0.4, 0.5) is 23.7 Å². The van der Waals surface area contributed by atoms with Crippen molar-refractivity contribution in [1.29, 1.82) is 0 Å². The van der Waals surface area contributed by atoms with Crippen LogP contribution in [0.3, 0.4) is 0 Å². The molecule has 0 aromatic heterocycles. The van der Waals surface area contributed by atoms with Crippen molar-refractivity contribution in [2.45, 2.75) is 51.4 Å². The van der Waals surface area contributed by atoms with E-state index in [-0.39, 0.29) is 24.2 Å². The summed E-state index contributed by atoms with van der Waals surface area (Å²) in [5, 5.41) is 1.99. The first-order chi connectivity index (χ1) is 13.4. The number of nitrogens with one attached hydrogen (secondary N) is 1. The number of amides is 2. The zero-order chi connectivity index (χ0) is 21.6. The van der Waals surface area contributed by atoms with Gasteiger partial charge in [0.15, 0.2) is 0 Å². The Balaban J connectivity index is 1.69. The number of hydrogen-bond donors (Lipinski definition) is 1. The molecule has 7 nitrogen and oxygen atoms in total. The molecule has 0 radical (unpaired) electrons. The molecule has 1 aromatic rings. The number of ether oxygens (including phenoxy) is 1. The van der Waals surface area contributed by atoms with E-state index in [1.54, 1.807) is 0 Å². The van der Waals surface area contributed by atoms with Crippen molar-refractivity contribution in [2.75, 3.05) is 18.0 Å². The van der Waals surface area contributed by atoms with Crippen LogP contribution in [0.25, 0.3) is 0 Å². The van der Waals surface area contributed by atoms with Gasteiger partial charge in [0.1, 0.15) is 11.9 Å². The van der Waals surface area contributed by atoms with Crippen molar-refractivity contribution in [2.24, 2.45) is 0 Å². The Labute approximate surface area is 166 Å². The van der Waals surface area contributed by atoms with Crippen molar-refractivity contribution in [3.05, 3.63) is 24.0 Å². The topological polar surface area (TPSA) is 77.1 Å². The molecular formula is C18H22BF3N2O5. The van der Waals surface area contributed by atoms with Crippen LogP contribution in [0.15, 0.2) is 18.2 Å². The lowest BCUT2D eigenvalue weighted by Crippen LogP contribution is -2.41. The van der Waals surface area contributed by atoms with Crippen LogP contribution in [0.5, 0.6) is 0 Å². The van der Waals surface area contributed by atoms with Gasteiger partial charge in [-0.05, 0) is 39.8 Å². The first-order valence-electron chi connectivity index (χ1n) is 9.10. The zero-order valence-corrected chi connectivity index (χ0v) is 16.5. The Morgan fingerprint density at radius 3 is 2.45 bits per heavy atom. The molecule has 2 fully saturated rings. The Bertz CT molecular complexity index is 805. The molecular weight excluding hydrogens is 392 g/mol. The molecule has 3 rings (SSSR count). The molecule has 2 amide bonds. The first-order valence-corrected chi connectivity index (χ1v) is 9.10. The molecule has 0 bridgehead atoms. The van der Waals surface area contributed by atoms with E-state index in [0.29, 0.717) is 0 Å². The van der Waals surface area contributed by atoms with Crippen molar-refractivity contribution in [1.82, 2.24) is 5.32 Å². The number of cyclic esters (lactones) is 1. The average molecular weight is 414 g/mol. The molecule has 0 spiro atoms. The van der Waals surface area contributed by atoms with Gasteiger partial charge in [-0.2, -0.15) is 8.78 Å². The predicted octanol–water partition coefficient (Wildman–Crippen LogP) is 1.83. The highest BCUT2D eigenvalue weighted by atomic mass is 19.3. The van der Waals surface area contributed by atoms with Gasteiger partial charge in [0.25, 0.3) is 5.91 Å². The summed E-state index contributed by atoms with van der Waals surface area (Å²) in [6, 6.07) is 4.14. The highest BCUT2D eigenvalue weighted by molar-refractivity contribution is 6.62. The molecule has 2 heterocycles. The van der Waals surface area contributed by atoms with Crippen LogP contribution < -0.4 is 15.7 Å².